The summed E-state index contributed by atoms with van der Waals surface area (Å²) >= 11 is 2.32. The van der Waals surface area contributed by atoms with Crippen LogP contribution >= 0.6 is 22.6 Å². The highest BCUT2D eigenvalue weighted by Gasteiger charge is 2.00. The summed E-state index contributed by atoms with van der Waals surface area (Å²) in [5, 5.41) is 0. The lowest BCUT2D eigenvalue weighted by Gasteiger charge is -2.06. The first kappa shape index (κ1) is 9.58. The molecular formula is C10H11IO. The van der Waals surface area contributed by atoms with Gasteiger partial charge >= 0.3 is 0 Å². The van der Waals surface area contributed by atoms with Gasteiger partial charge in [0.15, 0.2) is 0 Å². The van der Waals surface area contributed by atoms with Gasteiger partial charge in [-0.1, -0.05) is 41.3 Å². The molecule has 0 aliphatic carbocycles. The van der Waals surface area contributed by atoms with Gasteiger partial charge in [0.1, 0.15) is 5.75 Å². The van der Waals surface area contributed by atoms with E-state index in [0.29, 0.717) is 0 Å². The number of halogens is 1. The first-order valence-corrected chi connectivity index (χ1v) is 5.19. The van der Waals surface area contributed by atoms with Gasteiger partial charge < -0.3 is 4.74 Å². The van der Waals surface area contributed by atoms with Gasteiger partial charge in [0, 0.05) is 9.99 Å². The van der Waals surface area contributed by atoms with Crippen LogP contribution in [0.3, 0.4) is 0 Å². The first-order valence-electron chi connectivity index (χ1n) is 3.67. The second-order valence-electron chi connectivity index (χ2n) is 2.41. The lowest BCUT2D eigenvalue weighted by molar-refractivity contribution is 0.411. The number of alkyl halides is 1. The minimum atomic E-state index is 0.954. The molecule has 0 saturated heterocycles. The minimum Gasteiger partial charge on any atom is -0.496 e. The maximum absolute atomic E-state index is 5.20. The molecule has 0 aromatic heterocycles. The van der Waals surface area contributed by atoms with Gasteiger partial charge in [0.2, 0.25) is 0 Å². The number of methoxy groups -OCH3 is 1. The molecule has 0 bridgehead atoms. The normalized spacial score (nSPS) is 9.50. The zero-order valence-electron chi connectivity index (χ0n) is 7.01. The third-order valence-electron chi connectivity index (χ3n) is 1.68. The Morgan fingerprint density at radius 3 is 2.83 bits per heavy atom. The van der Waals surface area contributed by atoms with E-state index in [9.17, 15) is 0 Å². The van der Waals surface area contributed by atoms with Gasteiger partial charge in [-0.2, -0.15) is 0 Å². The van der Waals surface area contributed by atoms with Crippen LogP contribution in [0.5, 0.6) is 5.75 Å². The summed E-state index contributed by atoms with van der Waals surface area (Å²) in [6.45, 7) is 3.72. The summed E-state index contributed by atoms with van der Waals surface area (Å²) in [5.74, 6) is 0.954. The number of ether oxygens (including phenoxy) is 1. The Kier molecular flexibility index (Phi) is 3.59. The molecule has 0 N–H and O–H groups in total. The lowest BCUT2D eigenvalue weighted by Crippen LogP contribution is -1.89. The summed E-state index contributed by atoms with van der Waals surface area (Å²) in [5.41, 5.74) is 2.36. The van der Waals surface area contributed by atoms with E-state index in [2.05, 4.69) is 35.2 Å². The molecular weight excluding hydrogens is 263 g/mol. The van der Waals surface area contributed by atoms with Crippen molar-refractivity contribution < 1.29 is 4.74 Å². The smallest absolute Gasteiger partial charge is 0.122 e. The van der Waals surface area contributed by atoms with E-state index in [4.69, 9.17) is 4.74 Å². The highest BCUT2D eigenvalue weighted by molar-refractivity contribution is 14.1. The molecule has 1 aromatic rings. The third-order valence-corrected chi connectivity index (χ3v) is 2.51. The van der Waals surface area contributed by atoms with Crippen molar-refractivity contribution >= 4 is 28.7 Å². The zero-order chi connectivity index (χ0) is 8.97. The van der Waals surface area contributed by atoms with Crippen molar-refractivity contribution in [2.75, 3.05) is 7.11 Å². The molecule has 1 nitrogen and oxygen atoms in total. The fraction of sp³-hybridized carbons (Fsp3) is 0.200. The van der Waals surface area contributed by atoms with Gasteiger partial charge in [-0.05, 0) is 17.7 Å². The van der Waals surface area contributed by atoms with Crippen molar-refractivity contribution in [2.24, 2.45) is 0 Å². The van der Waals surface area contributed by atoms with E-state index in [1.807, 2.05) is 18.2 Å². The van der Waals surface area contributed by atoms with Crippen molar-refractivity contribution in [3.05, 3.63) is 35.9 Å². The predicted octanol–water partition coefficient (Wildman–Crippen LogP) is 3.27. The van der Waals surface area contributed by atoms with Crippen molar-refractivity contribution in [3.63, 3.8) is 0 Å². The molecule has 12 heavy (non-hydrogen) atoms. The monoisotopic (exact) mass is 274 g/mol. The van der Waals surface area contributed by atoms with Crippen LogP contribution in [0.1, 0.15) is 11.1 Å². The van der Waals surface area contributed by atoms with Gasteiger partial charge in [-0.15, -0.1) is 0 Å². The maximum atomic E-state index is 5.20. The van der Waals surface area contributed by atoms with Gasteiger partial charge in [0.25, 0.3) is 0 Å². The molecule has 1 aromatic carbocycles. The molecule has 0 radical (unpaired) electrons. The number of hydrogen-bond donors (Lipinski definition) is 0. The Morgan fingerprint density at radius 1 is 1.58 bits per heavy atom. The third kappa shape index (κ3) is 2.00. The van der Waals surface area contributed by atoms with E-state index in [1.54, 1.807) is 7.11 Å². The molecule has 0 fully saturated rings. The molecule has 2 heteroatoms. The molecule has 0 amide bonds. The largest absolute Gasteiger partial charge is 0.496 e. The van der Waals surface area contributed by atoms with Crippen LogP contribution in [0.15, 0.2) is 24.8 Å². The number of hydrogen-bond acceptors (Lipinski definition) is 1. The number of benzene rings is 1. The molecule has 64 valence electrons. The van der Waals surface area contributed by atoms with Gasteiger partial charge in [0.05, 0.1) is 7.11 Å². The summed E-state index contributed by atoms with van der Waals surface area (Å²) in [6, 6.07) is 6.07. The quantitative estimate of drug-likeness (QED) is 0.607. The van der Waals surface area contributed by atoms with Crippen molar-refractivity contribution in [1.82, 2.24) is 0 Å². The van der Waals surface area contributed by atoms with Crippen LogP contribution in [0, 0.1) is 0 Å². The van der Waals surface area contributed by atoms with Crippen LogP contribution in [0.4, 0.5) is 0 Å². The average Bonchev–Trinajstić information content (AvgIpc) is 2.16. The van der Waals surface area contributed by atoms with Crippen LogP contribution < -0.4 is 4.74 Å². The molecule has 0 atom stereocenters. The van der Waals surface area contributed by atoms with Gasteiger partial charge in [-0.3, -0.25) is 0 Å². The predicted molar refractivity (Wildman–Crippen MR) is 60.8 cm³/mol. The average molecular weight is 274 g/mol. The summed E-state index contributed by atoms with van der Waals surface area (Å²) in [7, 11) is 1.69. The van der Waals surface area contributed by atoms with Gasteiger partial charge in [-0.25, -0.2) is 0 Å². The maximum Gasteiger partial charge on any atom is 0.122 e. The second-order valence-corrected chi connectivity index (χ2v) is 3.17. The second kappa shape index (κ2) is 4.50. The highest BCUT2D eigenvalue weighted by atomic mass is 127. The minimum absolute atomic E-state index is 0.954. The Morgan fingerprint density at radius 2 is 2.33 bits per heavy atom. The van der Waals surface area contributed by atoms with E-state index >= 15 is 0 Å². The number of rotatable bonds is 3. The Hall–Kier alpha value is -0.510. The van der Waals surface area contributed by atoms with Crippen LogP contribution in [-0.4, -0.2) is 7.11 Å². The fourth-order valence-corrected chi connectivity index (χ4v) is 1.63. The summed E-state index contributed by atoms with van der Waals surface area (Å²) in [6.07, 6.45) is 1.84. The Labute approximate surface area is 86.6 Å². The molecule has 0 aliphatic rings. The van der Waals surface area contributed by atoms with E-state index in [1.165, 1.54) is 5.56 Å². The molecule has 0 unspecified atom stereocenters. The SMILES string of the molecule is C=Cc1ccc(OC)c(CI)c1. The van der Waals surface area contributed by atoms with Crippen molar-refractivity contribution in [1.29, 1.82) is 0 Å². The summed E-state index contributed by atoms with van der Waals surface area (Å²) < 4.78 is 6.16. The lowest BCUT2D eigenvalue weighted by atomic mass is 10.1. The standard InChI is InChI=1S/C10H11IO/c1-3-8-4-5-10(12-2)9(6-8)7-11/h3-6H,1,7H2,2H3. The summed E-state index contributed by atoms with van der Waals surface area (Å²) in [4.78, 5) is 0. The van der Waals surface area contributed by atoms with Crippen LogP contribution in [0.25, 0.3) is 6.08 Å². The molecule has 0 spiro atoms. The van der Waals surface area contributed by atoms with Crippen LogP contribution in [0.2, 0.25) is 0 Å². The topological polar surface area (TPSA) is 9.23 Å². The Balaban J connectivity index is 3.10. The fourth-order valence-electron chi connectivity index (χ4n) is 1.03. The molecule has 0 heterocycles. The van der Waals surface area contributed by atoms with E-state index in [0.717, 1.165) is 15.7 Å². The molecule has 1 rings (SSSR count). The highest BCUT2D eigenvalue weighted by Crippen LogP contribution is 2.22. The van der Waals surface area contributed by atoms with E-state index in [-0.39, 0.29) is 0 Å². The van der Waals surface area contributed by atoms with Crippen LogP contribution in [-0.2, 0) is 4.43 Å². The van der Waals surface area contributed by atoms with Crippen molar-refractivity contribution in [2.45, 2.75) is 4.43 Å². The first-order chi connectivity index (χ1) is 5.81. The van der Waals surface area contributed by atoms with E-state index < -0.39 is 0 Å². The molecule has 0 saturated carbocycles. The van der Waals surface area contributed by atoms with Crippen molar-refractivity contribution in [3.8, 4) is 5.75 Å². The zero-order valence-corrected chi connectivity index (χ0v) is 9.17. The molecule has 0 aliphatic heterocycles. The Bertz CT molecular complexity index is 281.